The van der Waals surface area contributed by atoms with Gasteiger partial charge < -0.3 is 4.74 Å². The Kier molecular flexibility index (Phi) is 6.94. The highest BCUT2D eigenvalue weighted by Crippen LogP contribution is 2.44. The van der Waals surface area contributed by atoms with E-state index in [4.69, 9.17) is 33.0 Å². The van der Waals surface area contributed by atoms with Crippen LogP contribution >= 0.6 is 23.2 Å². The SMILES string of the molecule is Cc1ccccc1OCC(=O)N1N=C2/C(=C/c3ccc(Cl)cc3)CCC[C@@H]2[C@H]1c1ccc(Cl)cc1. The molecular weight excluding hydrogens is 479 g/mol. The molecule has 1 fully saturated rings. The molecule has 1 saturated carbocycles. The molecule has 2 atom stereocenters. The third-order valence-corrected chi connectivity index (χ3v) is 7.13. The Morgan fingerprint density at radius 3 is 2.43 bits per heavy atom. The summed E-state index contributed by atoms with van der Waals surface area (Å²) in [6.45, 7) is 1.89. The van der Waals surface area contributed by atoms with Gasteiger partial charge in [0.1, 0.15) is 5.75 Å². The molecule has 0 radical (unpaired) electrons. The van der Waals surface area contributed by atoms with Gasteiger partial charge in [0.15, 0.2) is 6.61 Å². The van der Waals surface area contributed by atoms with Crippen molar-refractivity contribution >= 4 is 40.9 Å². The van der Waals surface area contributed by atoms with Gasteiger partial charge in [0.25, 0.3) is 5.91 Å². The summed E-state index contributed by atoms with van der Waals surface area (Å²) >= 11 is 12.2. The van der Waals surface area contributed by atoms with Gasteiger partial charge in [-0.2, -0.15) is 5.10 Å². The topological polar surface area (TPSA) is 41.9 Å². The van der Waals surface area contributed by atoms with Gasteiger partial charge in [-0.25, -0.2) is 5.01 Å². The Labute approximate surface area is 215 Å². The fraction of sp³-hybridized carbons (Fsp3) is 0.241. The molecule has 0 spiro atoms. The van der Waals surface area contributed by atoms with Crippen molar-refractivity contribution in [2.75, 3.05) is 6.61 Å². The average molecular weight is 505 g/mol. The van der Waals surface area contributed by atoms with E-state index in [2.05, 4.69) is 6.08 Å². The number of hydrogen-bond acceptors (Lipinski definition) is 3. The molecule has 0 aromatic heterocycles. The molecule has 0 N–H and O–H groups in total. The first-order valence-electron chi connectivity index (χ1n) is 11.8. The van der Waals surface area contributed by atoms with Crippen LogP contribution in [-0.2, 0) is 4.79 Å². The van der Waals surface area contributed by atoms with E-state index in [0.29, 0.717) is 15.8 Å². The summed E-state index contributed by atoms with van der Waals surface area (Å²) in [5.74, 6) is 0.656. The van der Waals surface area contributed by atoms with Crippen molar-refractivity contribution in [3.8, 4) is 5.75 Å². The van der Waals surface area contributed by atoms with Crippen LogP contribution in [-0.4, -0.2) is 23.2 Å². The summed E-state index contributed by atoms with van der Waals surface area (Å²) in [7, 11) is 0. The van der Waals surface area contributed by atoms with E-state index in [9.17, 15) is 4.79 Å². The van der Waals surface area contributed by atoms with Crippen molar-refractivity contribution in [2.24, 2.45) is 11.0 Å². The van der Waals surface area contributed by atoms with Crippen molar-refractivity contribution in [3.05, 3.63) is 105 Å². The van der Waals surface area contributed by atoms with Gasteiger partial charge in [0.05, 0.1) is 11.8 Å². The molecule has 2 aliphatic rings. The second-order valence-electron chi connectivity index (χ2n) is 8.99. The molecule has 0 saturated heterocycles. The molecule has 35 heavy (non-hydrogen) atoms. The monoisotopic (exact) mass is 504 g/mol. The second kappa shape index (κ2) is 10.3. The third kappa shape index (κ3) is 5.14. The Bertz CT molecular complexity index is 1280. The largest absolute Gasteiger partial charge is 0.483 e. The number of carbonyl (C=O) groups is 1. The van der Waals surface area contributed by atoms with Crippen LogP contribution in [0.2, 0.25) is 10.0 Å². The highest BCUT2D eigenvalue weighted by molar-refractivity contribution is 6.30. The average Bonchev–Trinajstić information content (AvgIpc) is 3.26. The number of allylic oxidation sites excluding steroid dienone is 1. The van der Waals surface area contributed by atoms with Crippen LogP contribution in [0.3, 0.4) is 0 Å². The van der Waals surface area contributed by atoms with Gasteiger partial charge in [-0.15, -0.1) is 0 Å². The molecule has 3 aromatic carbocycles. The number of ether oxygens (including phenoxy) is 1. The molecule has 1 aliphatic carbocycles. The number of aryl methyl sites for hydroxylation is 1. The van der Waals surface area contributed by atoms with Crippen molar-refractivity contribution < 1.29 is 9.53 Å². The molecule has 178 valence electrons. The maximum atomic E-state index is 13.5. The fourth-order valence-corrected chi connectivity index (χ4v) is 5.14. The summed E-state index contributed by atoms with van der Waals surface area (Å²) in [5.41, 5.74) is 5.23. The summed E-state index contributed by atoms with van der Waals surface area (Å²) in [6, 6.07) is 23.0. The van der Waals surface area contributed by atoms with Crippen molar-refractivity contribution in [1.29, 1.82) is 0 Å². The standard InChI is InChI=1S/C29H26Cl2N2O2/c1-19-5-2-3-8-26(19)35-18-27(34)33-29(21-11-15-24(31)16-12-21)25-7-4-6-22(28(25)32-33)17-20-9-13-23(30)14-10-20/h2-3,5,8-17,25,29H,4,6-7,18H2,1H3/b22-17+/t25-,29+/m0/s1. The zero-order valence-electron chi connectivity index (χ0n) is 19.5. The predicted molar refractivity (Wildman–Crippen MR) is 142 cm³/mol. The number of rotatable bonds is 5. The van der Waals surface area contributed by atoms with Gasteiger partial charge in [0, 0.05) is 16.0 Å². The number of hydrazone groups is 1. The first-order valence-corrected chi connectivity index (χ1v) is 12.6. The predicted octanol–water partition coefficient (Wildman–Crippen LogP) is 7.50. The molecule has 6 heteroatoms. The van der Waals surface area contributed by atoms with Gasteiger partial charge in [-0.3, -0.25) is 4.79 Å². The molecule has 5 rings (SSSR count). The lowest BCUT2D eigenvalue weighted by atomic mass is 9.77. The number of carbonyl (C=O) groups excluding carboxylic acids is 1. The summed E-state index contributed by atoms with van der Waals surface area (Å²) in [5, 5.41) is 7.92. The van der Waals surface area contributed by atoms with Crippen LogP contribution in [0.1, 0.15) is 42.0 Å². The van der Waals surface area contributed by atoms with E-state index in [1.54, 1.807) is 5.01 Å². The summed E-state index contributed by atoms with van der Waals surface area (Å²) in [6.07, 6.45) is 5.09. The van der Waals surface area contributed by atoms with Crippen molar-refractivity contribution in [2.45, 2.75) is 32.2 Å². The minimum atomic E-state index is -0.191. The Balaban J connectivity index is 1.47. The van der Waals surface area contributed by atoms with Crippen LogP contribution in [0.25, 0.3) is 6.08 Å². The smallest absolute Gasteiger partial charge is 0.281 e. The van der Waals surface area contributed by atoms with E-state index in [1.165, 1.54) is 0 Å². The van der Waals surface area contributed by atoms with Gasteiger partial charge in [-0.1, -0.05) is 65.7 Å². The molecule has 4 nitrogen and oxygen atoms in total. The van der Waals surface area contributed by atoms with Gasteiger partial charge in [-0.05, 0) is 84.9 Å². The first kappa shape index (κ1) is 23.7. The van der Waals surface area contributed by atoms with E-state index >= 15 is 0 Å². The quantitative estimate of drug-likeness (QED) is 0.360. The Hall–Kier alpha value is -3.08. The van der Waals surface area contributed by atoms with Gasteiger partial charge in [0.2, 0.25) is 0 Å². The highest BCUT2D eigenvalue weighted by atomic mass is 35.5. The zero-order valence-corrected chi connectivity index (χ0v) is 21.0. The van der Waals surface area contributed by atoms with Crippen molar-refractivity contribution in [1.82, 2.24) is 5.01 Å². The lowest BCUT2D eigenvalue weighted by Gasteiger charge is -2.29. The fourth-order valence-electron chi connectivity index (χ4n) is 4.88. The van der Waals surface area contributed by atoms with E-state index in [-0.39, 0.29) is 24.5 Å². The maximum Gasteiger partial charge on any atom is 0.281 e. The number of halogens is 2. The zero-order chi connectivity index (χ0) is 24.4. The minimum absolute atomic E-state index is 0.0747. The van der Waals surface area contributed by atoms with Crippen molar-refractivity contribution in [3.63, 3.8) is 0 Å². The van der Waals surface area contributed by atoms with Crippen LogP contribution in [0, 0.1) is 12.8 Å². The lowest BCUT2D eigenvalue weighted by Crippen LogP contribution is -2.34. The number of nitrogens with zero attached hydrogens (tertiary/aromatic N) is 2. The molecule has 1 heterocycles. The number of benzene rings is 3. The third-order valence-electron chi connectivity index (χ3n) is 6.62. The molecular formula is C29H26Cl2N2O2. The Morgan fingerprint density at radius 1 is 1.03 bits per heavy atom. The van der Waals surface area contributed by atoms with Crippen LogP contribution in [0.15, 0.2) is 83.5 Å². The second-order valence-corrected chi connectivity index (χ2v) is 9.87. The summed E-state index contributed by atoms with van der Waals surface area (Å²) in [4.78, 5) is 13.5. The molecule has 3 aromatic rings. The van der Waals surface area contributed by atoms with E-state index in [0.717, 1.165) is 47.2 Å². The first-order chi connectivity index (χ1) is 17.0. The van der Waals surface area contributed by atoms with Gasteiger partial charge >= 0.3 is 0 Å². The van der Waals surface area contributed by atoms with E-state index < -0.39 is 0 Å². The maximum absolute atomic E-state index is 13.5. The van der Waals surface area contributed by atoms with Crippen LogP contribution in [0.4, 0.5) is 0 Å². The lowest BCUT2D eigenvalue weighted by molar-refractivity contribution is -0.135. The van der Waals surface area contributed by atoms with E-state index in [1.807, 2.05) is 79.7 Å². The molecule has 0 bridgehead atoms. The number of amides is 1. The Morgan fingerprint density at radius 2 is 1.71 bits per heavy atom. The number of para-hydroxylation sites is 1. The van der Waals surface area contributed by atoms with Crippen LogP contribution in [0.5, 0.6) is 5.75 Å². The molecule has 1 aliphatic heterocycles. The molecule has 1 amide bonds. The normalized spacial score (nSPS) is 20.5. The number of hydrogen-bond donors (Lipinski definition) is 0. The van der Waals surface area contributed by atoms with Crippen LogP contribution < -0.4 is 4.74 Å². The highest BCUT2D eigenvalue weighted by Gasteiger charge is 2.43. The summed E-state index contributed by atoms with van der Waals surface area (Å²) < 4.78 is 5.89. The molecule has 0 unspecified atom stereocenters. The minimum Gasteiger partial charge on any atom is -0.483 e. The number of fused-ring (bicyclic) bond motifs is 1.